The Labute approximate surface area is 186 Å². The minimum Gasteiger partial charge on any atom is -0.490 e. The number of benzene rings is 3. The van der Waals surface area contributed by atoms with Crippen molar-refractivity contribution >= 4 is 33.2 Å². The Morgan fingerprint density at radius 3 is 2.48 bits per heavy atom. The molecule has 29 heavy (non-hydrogen) atoms. The number of anilines is 1. The fourth-order valence-electron chi connectivity index (χ4n) is 2.96. The zero-order chi connectivity index (χ0) is 20.8. The SMILES string of the molecule is CCOc1cc(CNc2ccc(C)c(Cl)c2)cc(Br)c1OCc1ccccc1C. The first-order chi connectivity index (χ1) is 14.0. The number of halogens is 2. The summed E-state index contributed by atoms with van der Waals surface area (Å²) in [7, 11) is 0. The third-order valence-electron chi connectivity index (χ3n) is 4.67. The van der Waals surface area contributed by atoms with Crippen LogP contribution in [0.4, 0.5) is 5.69 Å². The summed E-state index contributed by atoms with van der Waals surface area (Å²) in [4.78, 5) is 0. The van der Waals surface area contributed by atoms with Crippen LogP contribution in [0.2, 0.25) is 5.02 Å². The van der Waals surface area contributed by atoms with Crippen molar-refractivity contribution in [2.45, 2.75) is 33.9 Å². The summed E-state index contributed by atoms with van der Waals surface area (Å²) in [5.74, 6) is 1.45. The van der Waals surface area contributed by atoms with E-state index in [9.17, 15) is 0 Å². The Morgan fingerprint density at radius 1 is 0.966 bits per heavy atom. The molecule has 152 valence electrons. The Hall–Kier alpha value is -2.17. The number of rotatable bonds is 8. The van der Waals surface area contributed by atoms with Gasteiger partial charge in [0.05, 0.1) is 11.1 Å². The topological polar surface area (TPSA) is 30.5 Å². The monoisotopic (exact) mass is 473 g/mol. The Kier molecular flexibility index (Phi) is 7.45. The van der Waals surface area contributed by atoms with E-state index in [0.29, 0.717) is 19.8 Å². The van der Waals surface area contributed by atoms with Crippen LogP contribution >= 0.6 is 27.5 Å². The minimum atomic E-state index is 0.491. The van der Waals surface area contributed by atoms with Crippen molar-refractivity contribution in [2.24, 2.45) is 0 Å². The van der Waals surface area contributed by atoms with Crippen LogP contribution in [0.1, 0.15) is 29.2 Å². The fraction of sp³-hybridized carbons (Fsp3) is 0.250. The molecule has 1 N–H and O–H groups in total. The molecule has 3 nitrogen and oxygen atoms in total. The van der Waals surface area contributed by atoms with E-state index in [4.69, 9.17) is 21.1 Å². The number of ether oxygens (including phenoxy) is 2. The van der Waals surface area contributed by atoms with Gasteiger partial charge in [-0.1, -0.05) is 41.9 Å². The van der Waals surface area contributed by atoms with Crippen LogP contribution in [0.3, 0.4) is 0 Å². The van der Waals surface area contributed by atoms with Gasteiger partial charge in [0.2, 0.25) is 0 Å². The third kappa shape index (κ3) is 5.68. The average molecular weight is 475 g/mol. The molecule has 3 aromatic carbocycles. The lowest BCUT2D eigenvalue weighted by atomic mass is 10.1. The molecular formula is C24H25BrClNO2. The van der Waals surface area contributed by atoms with E-state index in [-0.39, 0.29) is 0 Å². The lowest BCUT2D eigenvalue weighted by Gasteiger charge is -2.17. The van der Waals surface area contributed by atoms with Gasteiger partial charge in [-0.15, -0.1) is 0 Å². The molecular weight excluding hydrogens is 450 g/mol. The molecule has 0 bridgehead atoms. The van der Waals surface area contributed by atoms with Gasteiger partial charge >= 0.3 is 0 Å². The largest absolute Gasteiger partial charge is 0.490 e. The first-order valence-electron chi connectivity index (χ1n) is 9.60. The molecule has 3 rings (SSSR count). The molecule has 0 aliphatic rings. The van der Waals surface area contributed by atoms with Crippen molar-refractivity contribution in [3.8, 4) is 11.5 Å². The first kappa shape index (κ1) is 21.5. The molecule has 0 aromatic heterocycles. The minimum absolute atomic E-state index is 0.491. The second-order valence-electron chi connectivity index (χ2n) is 6.87. The van der Waals surface area contributed by atoms with E-state index in [1.165, 1.54) is 5.56 Å². The highest BCUT2D eigenvalue weighted by Crippen LogP contribution is 2.38. The van der Waals surface area contributed by atoms with Crippen molar-refractivity contribution in [3.05, 3.63) is 86.3 Å². The first-order valence-corrected chi connectivity index (χ1v) is 10.8. The van der Waals surface area contributed by atoms with E-state index >= 15 is 0 Å². The van der Waals surface area contributed by atoms with Crippen molar-refractivity contribution in [1.29, 1.82) is 0 Å². The average Bonchev–Trinajstić information content (AvgIpc) is 2.70. The van der Waals surface area contributed by atoms with E-state index in [1.807, 2.05) is 50.2 Å². The van der Waals surface area contributed by atoms with Crippen LogP contribution in [0.25, 0.3) is 0 Å². The summed E-state index contributed by atoms with van der Waals surface area (Å²) < 4.78 is 12.9. The maximum absolute atomic E-state index is 6.22. The van der Waals surface area contributed by atoms with E-state index in [1.54, 1.807) is 0 Å². The highest BCUT2D eigenvalue weighted by atomic mass is 79.9. The van der Waals surface area contributed by atoms with Gasteiger partial charge in [-0.3, -0.25) is 0 Å². The molecule has 0 fully saturated rings. The van der Waals surface area contributed by atoms with Crippen LogP contribution in [0.5, 0.6) is 11.5 Å². The number of nitrogens with one attached hydrogen (secondary N) is 1. The molecule has 0 spiro atoms. The maximum atomic E-state index is 6.22. The van der Waals surface area contributed by atoms with Crippen molar-refractivity contribution in [3.63, 3.8) is 0 Å². The zero-order valence-corrected chi connectivity index (χ0v) is 19.2. The van der Waals surface area contributed by atoms with Crippen molar-refractivity contribution < 1.29 is 9.47 Å². The molecule has 0 amide bonds. The lowest BCUT2D eigenvalue weighted by Crippen LogP contribution is -2.04. The van der Waals surface area contributed by atoms with Gasteiger partial charge in [0.15, 0.2) is 11.5 Å². The summed E-state index contributed by atoms with van der Waals surface area (Å²) in [5.41, 5.74) is 5.49. The summed E-state index contributed by atoms with van der Waals surface area (Å²) in [6, 6.07) is 18.3. The van der Waals surface area contributed by atoms with Gasteiger partial charge in [-0.25, -0.2) is 0 Å². The normalized spacial score (nSPS) is 10.7. The molecule has 0 aliphatic heterocycles. The summed E-state index contributed by atoms with van der Waals surface area (Å²) in [5, 5.41) is 4.16. The van der Waals surface area contributed by atoms with Crippen LogP contribution in [-0.4, -0.2) is 6.61 Å². The van der Waals surface area contributed by atoms with Gasteiger partial charge in [-0.2, -0.15) is 0 Å². The third-order valence-corrected chi connectivity index (χ3v) is 5.67. The molecule has 0 heterocycles. The molecule has 0 atom stereocenters. The van der Waals surface area contributed by atoms with Crippen LogP contribution in [0, 0.1) is 13.8 Å². The van der Waals surface area contributed by atoms with Gasteiger partial charge in [0.25, 0.3) is 0 Å². The van der Waals surface area contributed by atoms with Crippen LogP contribution in [-0.2, 0) is 13.2 Å². The van der Waals surface area contributed by atoms with Crippen LogP contribution < -0.4 is 14.8 Å². The molecule has 5 heteroatoms. The van der Waals surface area contributed by atoms with Gasteiger partial charge in [-0.05, 0) is 83.2 Å². The highest BCUT2D eigenvalue weighted by molar-refractivity contribution is 9.10. The molecule has 0 saturated carbocycles. The van der Waals surface area contributed by atoms with Gasteiger partial charge in [0, 0.05) is 17.3 Å². The number of hydrogen-bond donors (Lipinski definition) is 1. The molecule has 0 radical (unpaired) electrons. The quantitative estimate of drug-likeness (QED) is 0.371. The molecule has 0 aliphatic carbocycles. The summed E-state index contributed by atoms with van der Waals surface area (Å²) in [6.45, 7) is 7.76. The predicted octanol–water partition coefficient (Wildman–Crippen LogP) is 7.31. The second kappa shape index (κ2) is 10.0. The van der Waals surface area contributed by atoms with E-state index in [2.05, 4.69) is 46.4 Å². The van der Waals surface area contributed by atoms with Gasteiger partial charge < -0.3 is 14.8 Å². The van der Waals surface area contributed by atoms with Crippen LogP contribution in [0.15, 0.2) is 59.1 Å². The smallest absolute Gasteiger partial charge is 0.175 e. The van der Waals surface area contributed by atoms with E-state index < -0.39 is 0 Å². The van der Waals surface area contributed by atoms with Crippen molar-refractivity contribution in [1.82, 2.24) is 0 Å². The number of aryl methyl sites for hydroxylation is 2. The van der Waals surface area contributed by atoms with Gasteiger partial charge in [0.1, 0.15) is 6.61 Å². The lowest BCUT2D eigenvalue weighted by molar-refractivity contribution is 0.267. The summed E-state index contributed by atoms with van der Waals surface area (Å²) in [6.07, 6.45) is 0. The zero-order valence-electron chi connectivity index (χ0n) is 16.9. The molecule has 0 unspecified atom stereocenters. The summed E-state index contributed by atoms with van der Waals surface area (Å²) >= 11 is 9.87. The highest BCUT2D eigenvalue weighted by Gasteiger charge is 2.13. The molecule has 0 saturated heterocycles. The maximum Gasteiger partial charge on any atom is 0.175 e. The standard InChI is InChI=1S/C24H25BrClNO2/c1-4-28-23-12-18(14-27-20-10-9-17(3)22(26)13-20)11-21(25)24(23)29-15-19-8-6-5-7-16(19)2/h5-13,27H,4,14-15H2,1-3H3. The second-order valence-corrected chi connectivity index (χ2v) is 8.13. The Bertz CT molecular complexity index is 991. The molecule has 3 aromatic rings. The Morgan fingerprint density at radius 2 is 1.76 bits per heavy atom. The predicted molar refractivity (Wildman–Crippen MR) is 124 cm³/mol. The van der Waals surface area contributed by atoms with Crippen molar-refractivity contribution in [2.75, 3.05) is 11.9 Å². The van der Waals surface area contributed by atoms with E-state index in [0.717, 1.165) is 43.4 Å². The number of hydrogen-bond acceptors (Lipinski definition) is 3. The Balaban J connectivity index is 1.76. The fourth-order valence-corrected chi connectivity index (χ4v) is 3.74.